The fraction of sp³-hybridized carbons (Fsp3) is 0.318. The van der Waals surface area contributed by atoms with Gasteiger partial charge in [0.25, 0.3) is 0 Å². The summed E-state index contributed by atoms with van der Waals surface area (Å²) in [6.45, 7) is 4.06. The van der Waals surface area contributed by atoms with Gasteiger partial charge in [-0.3, -0.25) is 9.59 Å². The minimum atomic E-state index is -0.933. The molecule has 1 amide bonds. The van der Waals surface area contributed by atoms with Gasteiger partial charge in [-0.2, -0.15) is 0 Å². The van der Waals surface area contributed by atoms with Gasteiger partial charge in [0.15, 0.2) is 11.6 Å². The Balaban J connectivity index is 1.69. The van der Waals surface area contributed by atoms with Crippen molar-refractivity contribution in [3.63, 3.8) is 0 Å². The number of anilines is 1. The van der Waals surface area contributed by atoms with Crippen LogP contribution in [0.1, 0.15) is 29.5 Å². The maximum atomic E-state index is 14.1. The Morgan fingerprint density at radius 3 is 2.87 bits per heavy atom. The maximum Gasteiger partial charge on any atom is 0.306 e. The molecule has 2 heterocycles. The lowest BCUT2D eigenvalue weighted by Gasteiger charge is -2.33. The molecule has 0 N–H and O–H groups in total. The van der Waals surface area contributed by atoms with Gasteiger partial charge in [-0.1, -0.05) is 17.7 Å². The standard InChI is InChI=1S/C22H20F2N2O3S/c1-3-29-19(27)10-14-9-13-8-12(2)4-7-17(13)26(22(14)28)11-18-25-16-6-5-15(23)20(24)21(16)30-18/h4-8,14H,3,9-11H2,1-2H3. The predicted molar refractivity (Wildman–Crippen MR) is 110 cm³/mol. The van der Waals surface area contributed by atoms with E-state index in [0.717, 1.165) is 34.2 Å². The summed E-state index contributed by atoms with van der Waals surface area (Å²) in [5, 5.41) is 0.492. The number of nitrogens with zero attached hydrogens (tertiary/aromatic N) is 2. The van der Waals surface area contributed by atoms with Crippen LogP contribution in [0.25, 0.3) is 10.2 Å². The van der Waals surface area contributed by atoms with Gasteiger partial charge >= 0.3 is 5.97 Å². The van der Waals surface area contributed by atoms with Crippen molar-refractivity contribution in [3.05, 3.63) is 58.1 Å². The monoisotopic (exact) mass is 430 g/mol. The van der Waals surface area contributed by atoms with E-state index in [1.54, 1.807) is 11.8 Å². The van der Waals surface area contributed by atoms with Crippen LogP contribution in [0, 0.1) is 24.5 Å². The average Bonchev–Trinajstić information content (AvgIpc) is 3.11. The highest BCUT2D eigenvalue weighted by atomic mass is 32.1. The molecule has 1 unspecified atom stereocenters. The third-order valence-electron chi connectivity index (χ3n) is 5.11. The van der Waals surface area contributed by atoms with Crippen molar-refractivity contribution >= 4 is 39.1 Å². The number of aromatic nitrogens is 1. The van der Waals surface area contributed by atoms with E-state index >= 15 is 0 Å². The van der Waals surface area contributed by atoms with E-state index in [4.69, 9.17) is 4.74 Å². The average molecular weight is 430 g/mol. The lowest BCUT2D eigenvalue weighted by atomic mass is 9.88. The second-order valence-corrected chi connectivity index (χ2v) is 8.37. The molecule has 30 heavy (non-hydrogen) atoms. The highest BCUT2D eigenvalue weighted by Gasteiger charge is 2.35. The van der Waals surface area contributed by atoms with Gasteiger partial charge in [0.1, 0.15) is 5.01 Å². The second kappa shape index (κ2) is 8.10. The normalized spacial score (nSPS) is 16.1. The highest BCUT2D eigenvalue weighted by molar-refractivity contribution is 7.18. The number of amides is 1. The summed E-state index contributed by atoms with van der Waals surface area (Å²) in [7, 11) is 0. The zero-order valence-electron chi connectivity index (χ0n) is 16.6. The van der Waals surface area contributed by atoms with E-state index in [1.807, 2.05) is 25.1 Å². The van der Waals surface area contributed by atoms with Crippen LogP contribution in [0.4, 0.5) is 14.5 Å². The molecule has 1 aliphatic rings. The molecule has 8 heteroatoms. The van der Waals surface area contributed by atoms with E-state index in [1.165, 1.54) is 6.07 Å². The fourth-order valence-corrected chi connectivity index (χ4v) is 4.74. The van der Waals surface area contributed by atoms with Gasteiger partial charge in [0.05, 0.1) is 35.7 Å². The van der Waals surface area contributed by atoms with Gasteiger partial charge in [0.2, 0.25) is 5.91 Å². The van der Waals surface area contributed by atoms with Crippen LogP contribution in [-0.2, 0) is 27.3 Å². The number of fused-ring (bicyclic) bond motifs is 2. The summed E-state index contributed by atoms with van der Waals surface area (Å²) in [5.41, 5.74) is 3.11. The Hall–Kier alpha value is -2.87. The summed E-state index contributed by atoms with van der Waals surface area (Å²) in [6, 6.07) is 8.25. The first-order valence-electron chi connectivity index (χ1n) is 9.67. The molecule has 2 aromatic carbocycles. The fourth-order valence-electron chi connectivity index (χ4n) is 3.76. The first kappa shape index (κ1) is 20.4. The molecular formula is C22H20F2N2O3S. The number of hydrogen-bond donors (Lipinski definition) is 0. The largest absolute Gasteiger partial charge is 0.466 e. The lowest BCUT2D eigenvalue weighted by molar-refractivity contribution is -0.146. The van der Waals surface area contributed by atoms with E-state index < -0.39 is 23.5 Å². The number of carbonyl (C=O) groups is 2. The third-order valence-corrected chi connectivity index (χ3v) is 6.16. The molecule has 0 spiro atoms. The number of esters is 1. The smallest absolute Gasteiger partial charge is 0.306 e. The summed E-state index contributed by atoms with van der Waals surface area (Å²) >= 11 is 1.02. The molecule has 1 atom stereocenters. The van der Waals surface area contributed by atoms with Crippen molar-refractivity contribution in [2.24, 2.45) is 5.92 Å². The van der Waals surface area contributed by atoms with E-state index in [-0.39, 0.29) is 30.2 Å². The molecule has 0 radical (unpaired) electrons. The van der Waals surface area contributed by atoms with Gasteiger partial charge < -0.3 is 9.64 Å². The van der Waals surface area contributed by atoms with Gasteiger partial charge in [-0.15, -0.1) is 11.3 Å². The van der Waals surface area contributed by atoms with Crippen molar-refractivity contribution < 1.29 is 23.1 Å². The molecule has 0 saturated carbocycles. The zero-order chi connectivity index (χ0) is 21.4. The number of thiazole rings is 1. The van der Waals surface area contributed by atoms with Crippen LogP contribution in [0.5, 0.6) is 0 Å². The summed E-state index contributed by atoms with van der Waals surface area (Å²) < 4.78 is 32.8. The Kier molecular flexibility index (Phi) is 5.51. The number of benzene rings is 2. The molecule has 0 aliphatic carbocycles. The number of aryl methyl sites for hydroxylation is 1. The number of carbonyl (C=O) groups excluding carboxylic acids is 2. The van der Waals surface area contributed by atoms with Gasteiger partial charge in [0, 0.05) is 5.69 Å². The van der Waals surface area contributed by atoms with Crippen LogP contribution >= 0.6 is 11.3 Å². The topological polar surface area (TPSA) is 59.5 Å². The van der Waals surface area contributed by atoms with Crippen LogP contribution in [0.3, 0.4) is 0 Å². The lowest BCUT2D eigenvalue weighted by Crippen LogP contribution is -2.42. The Morgan fingerprint density at radius 1 is 1.30 bits per heavy atom. The molecule has 0 fully saturated rings. The molecule has 0 saturated heterocycles. The van der Waals surface area contributed by atoms with Crippen molar-refractivity contribution in [1.82, 2.24) is 4.98 Å². The number of ether oxygens (including phenoxy) is 1. The van der Waals surface area contributed by atoms with Crippen molar-refractivity contribution in [3.8, 4) is 0 Å². The molecular weight excluding hydrogens is 410 g/mol. The van der Waals surface area contributed by atoms with Gasteiger partial charge in [-0.05, 0) is 44.0 Å². The number of rotatable bonds is 5. The molecule has 1 aliphatic heterocycles. The highest BCUT2D eigenvalue weighted by Crippen LogP contribution is 2.35. The van der Waals surface area contributed by atoms with Crippen molar-refractivity contribution in [2.75, 3.05) is 11.5 Å². The quantitative estimate of drug-likeness (QED) is 0.558. The molecule has 5 nitrogen and oxygen atoms in total. The first-order valence-corrected chi connectivity index (χ1v) is 10.5. The minimum absolute atomic E-state index is 0.00373. The first-order chi connectivity index (χ1) is 14.4. The molecule has 1 aromatic heterocycles. The zero-order valence-corrected chi connectivity index (χ0v) is 17.4. The number of hydrogen-bond acceptors (Lipinski definition) is 5. The summed E-state index contributed by atoms with van der Waals surface area (Å²) in [4.78, 5) is 31.2. The molecule has 156 valence electrons. The van der Waals surface area contributed by atoms with Crippen LogP contribution < -0.4 is 4.90 Å². The molecule has 0 bridgehead atoms. The Bertz CT molecular complexity index is 1140. The number of halogens is 2. The van der Waals surface area contributed by atoms with E-state index in [2.05, 4.69) is 4.98 Å². The summed E-state index contributed by atoms with van der Waals surface area (Å²) in [6.07, 6.45) is 0.446. The Labute approximate surface area is 176 Å². The maximum absolute atomic E-state index is 14.1. The second-order valence-electron chi connectivity index (χ2n) is 7.28. The molecule has 3 aromatic rings. The van der Waals surface area contributed by atoms with Crippen LogP contribution in [-0.4, -0.2) is 23.5 Å². The predicted octanol–water partition coefficient (Wildman–Crippen LogP) is 4.54. The minimum Gasteiger partial charge on any atom is -0.466 e. The van der Waals surface area contributed by atoms with Crippen LogP contribution in [0.2, 0.25) is 0 Å². The van der Waals surface area contributed by atoms with Gasteiger partial charge in [-0.25, -0.2) is 13.8 Å². The van der Waals surface area contributed by atoms with Crippen LogP contribution in [0.15, 0.2) is 30.3 Å². The van der Waals surface area contributed by atoms with Crippen molar-refractivity contribution in [2.45, 2.75) is 33.2 Å². The SMILES string of the molecule is CCOC(=O)CC1Cc2cc(C)ccc2N(Cc2nc3ccc(F)c(F)c3s2)C1=O. The van der Waals surface area contributed by atoms with E-state index in [0.29, 0.717) is 16.9 Å². The summed E-state index contributed by atoms with van der Waals surface area (Å²) in [5.74, 6) is -3.02. The Morgan fingerprint density at radius 2 is 2.10 bits per heavy atom. The third kappa shape index (κ3) is 3.79. The van der Waals surface area contributed by atoms with E-state index in [9.17, 15) is 18.4 Å². The van der Waals surface area contributed by atoms with Crippen molar-refractivity contribution in [1.29, 1.82) is 0 Å². The molecule has 4 rings (SSSR count).